The topological polar surface area (TPSA) is 47.1 Å². The van der Waals surface area contributed by atoms with E-state index in [2.05, 4.69) is 34.5 Å². The molecule has 1 atom stereocenters. The lowest BCUT2D eigenvalue weighted by molar-refractivity contribution is 0.491. The first kappa shape index (κ1) is 11.5. The molecule has 0 aromatic carbocycles. The molecule has 4 nitrogen and oxygen atoms in total. The SMILES string of the molecule is CCCn1cc(C)nc1N1CCCC(N)C1. The molecule has 0 aliphatic carbocycles. The standard InChI is InChI=1S/C12H22N4/c1-3-6-15-8-10(2)14-12(15)16-7-4-5-11(13)9-16/h8,11H,3-7,9,13H2,1-2H3. The van der Waals surface area contributed by atoms with Gasteiger partial charge in [-0.2, -0.15) is 0 Å². The number of nitrogens with two attached hydrogens (primary N) is 1. The second kappa shape index (κ2) is 4.87. The van der Waals surface area contributed by atoms with Crippen LogP contribution in [0.3, 0.4) is 0 Å². The average Bonchev–Trinajstić information content (AvgIpc) is 2.60. The van der Waals surface area contributed by atoms with E-state index in [4.69, 9.17) is 5.73 Å². The van der Waals surface area contributed by atoms with E-state index in [9.17, 15) is 0 Å². The monoisotopic (exact) mass is 222 g/mol. The quantitative estimate of drug-likeness (QED) is 0.843. The summed E-state index contributed by atoms with van der Waals surface area (Å²) in [5.74, 6) is 1.11. The molecule has 2 N–H and O–H groups in total. The fraction of sp³-hybridized carbons (Fsp3) is 0.750. The van der Waals surface area contributed by atoms with Gasteiger partial charge < -0.3 is 15.2 Å². The second-order valence-corrected chi connectivity index (χ2v) is 4.72. The van der Waals surface area contributed by atoms with Crippen molar-refractivity contribution in [1.29, 1.82) is 0 Å². The van der Waals surface area contributed by atoms with Crippen LogP contribution in [0.5, 0.6) is 0 Å². The Balaban J connectivity index is 2.17. The van der Waals surface area contributed by atoms with Crippen molar-refractivity contribution in [1.82, 2.24) is 9.55 Å². The fourth-order valence-electron chi connectivity index (χ4n) is 2.38. The van der Waals surface area contributed by atoms with E-state index in [0.29, 0.717) is 6.04 Å². The van der Waals surface area contributed by atoms with Gasteiger partial charge in [-0.15, -0.1) is 0 Å². The number of rotatable bonds is 3. The number of hydrogen-bond donors (Lipinski definition) is 1. The predicted octanol–water partition coefficient (Wildman–Crippen LogP) is 1.53. The van der Waals surface area contributed by atoms with Crippen molar-refractivity contribution in [3.8, 4) is 0 Å². The Morgan fingerprint density at radius 2 is 2.38 bits per heavy atom. The molecule has 2 heterocycles. The number of hydrogen-bond acceptors (Lipinski definition) is 3. The van der Waals surface area contributed by atoms with Crippen molar-refractivity contribution in [2.75, 3.05) is 18.0 Å². The van der Waals surface area contributed by atoms with Crippen LogP contribution < -0.4 is 10.6 Å². The van der Waals surface area contributed by atoms with Crippen molar-refractivity contribution in [3.05, 3.63) is 11.9 Å². The fourth-order valence-corrected chi connectivity index (χ4v) is 2.38. The zero-order valence-corrected chi connectivity index (χ0v) is 10.3. The third kappa shape index (κ3) is 2.38. The van der Waals surface area contributed by atoms with Gasteiger partial charge in [-0.25, -0.2) is 4.98 Å². The second-order valence-electron chi connectivity index (χ2n) is 4.72. The summed E-state index contributed by atoms with van der Waals surface area (Å²) >= 11 is 0. The minimum absolute atomic E-state index is 0.306. The number of aryl methyl sites for hydroxylation is 2. The highest BCUT2D eigenvalue weighted by atomic mass is 15.3. The van der Waals surface area contributed by atoms with E-state index >= 15 is 0 Å². The van der Waals surface area contributed by atoms with Crippen LogP contribution in [-0.2, 0) is 6.54 Å². The summed E-state index contributed by atoms with van der Waals surface area (Å²) in [6, 6.07) is 0.306. The number of aromatic nitrogens is 2. The van der Waals surface area contributed by atoms with Gasteiger partial charge in [-0.05, 0) is 26.2 Å². The molecular formula is C12H22N4. The Hall–Kier alpha value is -1.03. The Bertz CT molecular complexity index is 345. The van der Waals surface area contributed by atoms with Crippen LogP contribution in [0.4, 0.5) is 5.95 Å². The van der Waals surface area contributed by atoms with E-state index in [1.807, 2.05) is 0 Å². The zero-order chi connectivity index (χ0) is 11.5. The first-order valence-electron chi connectivity index (χ1n) is 6.25. The minimum atomic E-state index is 0.306. The maximum atomic E-state index is 6.01. The van der Waals surface area contributed by atoms with Gasteiger partial charge in [0.25, 0.3) is 0 Å². The molecular weight excluding hydrogens is 200 g/mol. The van der Waals surface area contributed by atoms with E-state index in [1.54, 1.807) is 0 Å². The minimum Gasteiger partial charge on any atom is -0.341 e. The Morgan fingerprint density at radius 1 is 1.56 bits per heavy atom. The van der Waals surface area contributed by atoms with Gasteiger partial charge in [0.2, 0.25) is 5.95 Å². The Kier molecular flexibility index (Phi) is 3.49. The lowest BCUT2D eigenvalue weighted by Crippen LogP contribution is -2.43. The number of anilines is 1. The molecule has 1 aliphatic heterocycles. The van der Waals surface area contributed by atoms with Gasteiger partial charge in [0.1, 0.15) is 0 Å². The van der Waals surface area contributed by atoms with E-state index in [-0.39, 0.29) is 0 Å². The highest BCUT2D eigenvalue weighted by Gasteiger charge is 2.20. The lowest BCUT2D eigenvalue weighted by atomic mass is 10.1. The van der Waals surface area contributed by atoms with Crippen molar-refractivity contribution in [2.24, 2.45) is 5.73 Å². The zero-order valence-electron chi connectivity index (χ0n) is 10.3. The van der Waals surface area contributed by atoms with Crippen LogP contribution in [0.25, 0.3) is 0 Å². The normalized spacial score (nSPS) is 21.4. The van der Waals surface area contributed by atoms with Crippen molar-refractivity contribution in [3.63, 3.8) is 0 Å². The molecule has 0 radical (unpaired) electrons. The van der Waals surface area contributed by atoms with Crippen molar-refractivity contribution in [2.45, 2.75) is 45.7 Å². The number of imidazole rings is 1. The van der Waals surface area contributed by atoms with Crippen LogP contribution >= 0.6 is 0 Å². The van der Waals surface area contributed by atoms with Gasteiger partial charge in [0.05, 0.1) is 5.69 Å². The van der Waals surface area contributed by atoms with Gasteiger partial charge >= 0.3 is 0 Å². The van der Waals surface area contributed by atoms with Crippen LogP contribution in [0.15, 0.2) is 6.20 Å². The van der Waals surface area contributed by atoms with Gasteiger partial charge in [-0.3, -0.25) is 0 Å². The molecule has 1 saturated heterocycles. The van der Waals surface area contributed by atoms with E-state index < -0.39 is 0 Å². The van der Waals surface area contributed by atoms with Crippen LogP contribution in [0, 0.1) is 6.92 Å². The van der Waals surface area contributed by atoms with Gasteiger partial charge in [0, 0.05) is 31.9 Å². The third-order valence-corrected chi connectivity index (χ3v) is 3.08. The van der Waals surface area contributed by atoms with Crippen molar-refractivity contribution >= 4 is 5.95 Å². The molecule has 16 heavy (non-hydrogen) atoms. The van der Waals surface area contributed by atoms with Crippen LogP contribution in [0.1, 0.15) is 31.9 Å². The molecule has 1 aromatic rings. The Morgan fingerprint density at radius 3 is 3.06 bits per heavy atom. The van der Waals surface area contributed by atoms with Crippen LogP contribution in [0.2, 0.25) is 0 Å². The number of piperidine rings is 1. The average molecular weight is 222 g/mol. The molecule has 0 saturated carbocycles. The summed E-state index contributed by atoms with van der Waals surface area (Å²) in [7, 11) is 0. The summed E-state index contributed by atoms with van der Waals surface area (Å²) in [4.78, 5) is 6.95. The molecule has 1 fully saturated rings. The largest absolute Gasteiger partial charge is 0.341 e. The molecule has 2 rings (SSSR count). The predicted molar refractivity (Wildman–Crippen MR) is 66.7 cm³/mol. The first-order valence-corrected chi connectivity index (χ1v) is 6.25. The molecule has 1 aromatic heterocycles. The maximum Gasteiger partial charge on any atom is 0.205 e. The van der Waals surface area contributed by atoms with Gasteiger partial charge in [0.15, 0.2) is 0 Å². The van der Waals surface area contributed by atoms with E-state index in [1.165, 1.54) is 6.42 Å². The maximum absolute atomic E-state index is 6.01. The molecule has 0 bridgehead atoms. The van der Waals surface area contributed by atoms with Crippen LogP contribution in [-0.4, -0.2) is 28.7 Å². The highest BCUT2D eigenvalue weighted by Crippen LogP contribution is 2.19. The molecule has 90 valence electrons. The highest BCUT2D eigenvalue weighted by molar-refractivity contribution is 5.34. The smallest absolute Gasteiger partial charge is 0.205 e. The lowest BCUT2D eigenvalue weighted by Gasteiger charge is -2.31. The molecule has 0 amide bonds. The number of nitrogens with zero attached hydrogens (tertiary/aromatic N) is 3. The van der Waals surface area contributed by atoms with Crippen molar-refractivity contribution < 1.29 is 0 Å². The third-order valence-electron chi connectivity index (χ3n) is 3.08. The summed E-state index contributed by atoms with van der Waals surface area (Å²) in [5, 5.41) is 0. The van der Waals surface area contributed by atoms with E-state index in [0.717, 1.165) is 44.1 Å². The summed E-state index contributed by atoms with van der Waals surface area (Å²) in [5.41, 5.74) is 7.11. The molecule has 4 heteroatoms. The summed E-state index contributed by atoms with van der Waals surface area (Å²) in [6.45, 7) is 7.33. The summed E-state index contributed by atoms with van der Waals surface area (Å²) in [6.07, 6.45) is 5.60. The Labute approximate surface area is 97.4 Å². The van der Waals surface area contributed by atoms with Gasteiger partial charge in [-0.1, -0.05) is 6.92 Å². The molecule has 1 aliphatic rings. The summed E-state index contributed by atoms with van der Waals surface area (Å²) < 4.78 is 2.26. The molecule has 1 unspecified atom stereocenters. The molecule has 0 spiro atoms. The first-order chi connectivity index (χ1) is 7.70.